The van der Waals surface area contributed by atoms with Crippen LogP contribution >= 0.6 is 0 Å². The first-order chi connectivity index (χ1) is 15.7. The molecular weight excluding hydrogens is 441 g/mol. The summed E-state index contributed by atoms with van der Waals surface area (Å²) in [5, 5.41) is 14.8. The number of halogens is 3. The minimum Gasteiger partial charge on any atom is -0.339 e. The van der Waals surface area contributed by atoms with E-state index in [0.29, 0.717) is 12.1 Å². The number of amides is 1. The Bertz CT molecular complexity index is 1110. The van der Waals surface area contributed by atoms with E-state index < -0.39 is 22.6 Å². The lowest BCUT2D eigenvalue weighted by molar-refractivity contribution is -0.384. The van der Waals surface area contributed by atoms with Gasteiger partial charge in [0.2, 0.25) is 11.7 Å². The maximum absolute atomic E-state index is 12.9. The summed E-state index contributed by atoms with van der Waals surface area (Å²) in [5.74, 6) is 0.0247. The summed E-state index contributed by atoms with van der Waals surface area (Å²) in [4.78, 5) is 29.1. The third-order valence-corrected chi connectivity index (χ3v) is 4.91. The maximum Gasteiger partial charge on any atom is 0.416 e. The molecular formula is C22H21F3N4O4. The Morgan fingerprint density at radius 2 is 1.88 bits per heavy atom. The standard InChI is InChI=1S/C22H21F3N4O4/c1-2-3-12-28(21(30)15-7-9-17(10-8-15)22(23,24)25)13-11-19-26-20(27-33-19)16-5-4-6-18(14-16)29(31)32/h4-10,14H,2-3,11-13H2,1H3. The van der Waals surface area contributed by atoms with Gasteiger partial charge in [-0.05, 0) is 30.7 Å². The monoisotopic (exact) mass is 462 g/mol. The van der Waals surface area contributed by atoms with Crippen molar-refractivity contribution in [2.45, 2.75) is 32.4 Å². The Kier molecular flexibility index (Phi) is 7.41. The molecule has 1 heterocycles. The molecule has 1 amide bonds. The molecule has 33 heavy (non-hydrogen) atoms. The second kappa shape index (κ2) is 10.2. The van der Waals surface area contributed by atoms with Gasteiger partial charge >= 0.3 is 6.18 Å². The molecule has 8 nitrogen and oxygen atoms in total. The van der Waals surface area contributed by atoms with Crippen molar-refractivity contribution in [3.8, 4) is 11.4 Å². The molecule has 0 radical (unpaired) electrons. The number of unbranched alkanes of at least 4 members (excludes halogenated alkanes) is 1. The van der Waals surface area contributed by atoms with Gasteiger partial charge in [-0.2, -0.15) is 18.2 Å². The molecule has 0 atom stereocenters. The minimum absolute atomic E-state index is 0.105. The summed E-state index contributed by atoms with van der Waals surface area (Å²) in [6, 6.07) is 9.90. The molecule has 1 aromatic heterocycles. The lowest BCUT2D eigenvalue weighted by atomic mass is 10.1. The second-order valence-electron chi connectivity index (χ2n) is 7.29. The number of non-ortho nitro benzene ring substituents is 1. The van der Waals surface area contributed by atoms with Gasteiger partial charge in [0.1, 0.15) is 0 Å². The number of aromatic nitrogens is 2. The van der Waals surface area contributed by atoms with Crippen molar-refractivity contribution >= 4 is 11.6 Å². The molecule has 0 aliphatic carbocycles. The first-order valence-electron chi connectivity index (χ1n) is 10.2. The summed E-state index contributed by atoms with van der Waals surface area (Å²) in [5.41, 5.74) is -0.352. The van der Waals surface area contributed by atoms with Crippen LogP contribution in [0.1, 0.15) is 41.6 Å². The van der Waals surface area contributed by atoms with E-state index in [1.807, 2.05) is 6.92 Å². The quantitative estimate of drug-likeness (QED) is 0.322. The lowest BCUT2D eigenvalue weighted by Crippen LogP contribution is -2.34. The number of carbonyl (C=O) groups excluding carboxylic acids is 1. The fourth-order valence-electron chi connectivity index (χ4n) is 3.11. The zero-order chi connectivity index (χ0) is 24.0. The Balaban J connectivity index is 1.71. The number of alkyl halides is 3. The van der Waals surface area contributed by atoms with Gasteiger partial charge < -0.3 is 9.42 Å². The van der Waals surface area contributed by atoms with E-state index in [0.717, 1.165) is 37.1 Å². The molecule has 2 aromatic carbocycles. The predicted octanol–water partition coefficient (Wildman–Crippen LogP) is 5.15. The average Bonchev–Trinajstić information content (AvgIpc) is 3.27. The average molecular weight is 462 g/mol. The van der Waals surface area contributed by atoms with Crippen LogP contribution in [-0.4, -0.2) is 39.0 Å². The van der Waals surface area contributed by atoms with Crippen LogP contribution in [-0.2, 0) is 12.6 Å². The van der Waals surface area contributed by atoms with E-state index in [4.69, 9.17) is 4.52 Å². The molecule has 3 rings (SSSR count). The van der Waals surface area contributed by atoms with Crippen LogP contribution in [0.5, 0.6) is 0 Å². The van der Waals surface area contributed by atoms with E-state index in [1.165, 1.54) is 23.1 Å². The summed E-state index contributed by atoms with van der Waals surface area (Å²) in [6.45, 7) is 2.60. The molecule has 0 saturated heterocycles. The van der Waals surface area contributed by atoms with Crippen LogP contribution in [0, 0.1) is 10.1 Å². The van der Waals surface area contributed by atoms with Crippen molar-refractivity contribution < 1.29 is 27.4 Å². The van der Waals surface area contributed by atoms with Crippen LogP contribution in [0.25, 0.3) is 11.4 Å². The highest BCUT2D eigenvalue weighted by Gasteiger charge is 2.30. The van der Waals surface area contributed by atoms with Gasteiger partial charge in [0.15, 0.2) is 0 Å². The third kappa shape index (κ3) is 6.15. The smallest absolute Gasteiger partial charge is 0.339 e. The highest BCUT2D eigenvalue weighted by molar-refractivity contribution is 5.94. The van der Waals surface area contributed by atoms with Gasteiger partial charge in [-0.25, -0.2) is 0 Å². The number of rotatable bonds is 9. The molecule has 0 aliphatic rings. The van der Waals surface area contributed by atoms with Gasteiger partial charge in [0.25, 0.3) is 11.6 Å². The third-order valence-electron chi connectivity index (χ3n) is 4.91. The molecule has 0 saturated carbocycles. The van der Waals surface area contributed by atoms with E-state index in [2.05, 4.69) is 10.1 Å². The van der Waals surface area contributed by atoms with E-state index in [1.54, 1.807) is 6.07 Å². The Labute approximate surface area is 187 Å². The second-order valence-corrected chi connectivity index (χ2v) is 7.29. The molecule has 174 valence electrons. The van der Waals surface area contributed by atoms with Crippen molar-refractivity contribution in [1.29, 1.82) is 0 Å². The Morgan fingerprint density at radius 1 is 1.15 bits per heavy atom. The van der Waals surface area contributed by atoms with Crippen LogP contribution in [0.3, 0.4) is 0 Å². The van der Waals surface area contributed by atoms with Gasteiger partial charge in [0.05, 0.1) is 10.5 Å². The van der Waals surface area contributed by atoms with Gasteiger partial charge in [-0.15, -0.1) is 0 Å². The lowest BCUT2D eigenvalue weighted by Gasteiger charge is -2.22. The van der Waals surface area contributed by atoms with Crippen LogP contribution in [0.15, 0.2) is 53.1 Å². The van der Waals surface area contributed by atoms with Gasteiger partial charge in [-0.1, -0.05) is 30.6 Å². The molecule has 0 unspecified atom stereocenters. The number of benzene rings is 2. The summed E-state index contributed by atoms with van der Waals surface area (Å²) < 4.78 is 43.6. The topological polar surface area (TPSA) is 102 Å². The van der Waals surface area contributed by atoms with Crippen molar-refractivity contribution in [2.24, 2.45) is 0 Å². The normalized spacial score (nSPS) is 11.4. The number of nitrogens with zero attached hydrogens (tertiary/aromatic N) is 4. The predicted molar refractivity (Wildman–Crippen MR) is 112 cm³/mol. The zero-order valence-corrected chi connectivity index (χ0v) is 17.7. The SMILES string of the molecule is CCCCN(CCc1nc(-c2cccc([N+](=O)[O-])c2)no1)C(=O)c1ccc(C(F)(F)F)cc1. The van der Waals surface area contributed by atoms with E-state index in [-0.39, 0.29) is 35.9 Å². The van der Waals surface area contributed by atoms with Crippen LogP contribution in [0.2, 0.25) is 0 Å². The molecule has 11 heteroatoms. The highest BCUT2D eigenvalue weighted by Crippen LogP contribution is 2.29. The first kappa shape index (κ1) is 23.9. The largest absolute Gasteiger partial charge is 0.416 e. The highest BCUT2D eigenvalue weighted by atomic mass is 19.4. The number of nitro groups is 1. The number of carbonyl (C=O) groups is 1. The van der Waals surface area contributed by atoms with Crippen molar-refractivity contribution in [1.82, 2.24) is 15.0 Å². The maximum atomic E-state index is 12.9. The molecule has 0 spiro atoms. The Morgan fingerprint density at radius 3 is 2.52 bits per heavy atom. The summed E-state index contributed by atoms with van der Waals surface area (Å²) in [6.07, 6.45) is -2.71. The summed E-state index contributed by atoms with van der Waals surface area (Å²) >= 11 is 0. The number of nitro benzene ring substituents is 1. The molecule has 0 bridgehead atoms. The fraction of sp³-hybridized carbons (Fsp3) is 0.318. The minimum atomic E-state index is -4.47. The Hall–Kier alpha value is -3.76. The molecule has 0 aliphatic heterocycles. The van der Waals surface area contributed by atoms with E-state index in [9.17, 15) is 28.1 Å². The molecule has 3 aromatic rings. The number of hydrogen-bond donors (Lipinski definition) is 0. The van der Waals surface area contributed by atoms with Gasteiger partial charge in [0, 0.05) is 42.8 Å². The molecule has 0 fully saturated rings. The van der Waals surface area contributed by atoms with Crippen molar-refractivity contribution in [3.63, 3.8) is 0 Å². The van der Waals surface area contributed by atoms with Crippen molar-refractivity contribution in [3.05, 3.63) is 75.7 Å². The van der Waals surface area contributed by atoms with Gasteiger partial charge in [-0.3, -0.25) is 14.9 Å². The first-order valence-corrected chi connectivity index (χ1v) is 10.2. The van der Waals surface area contributed by atoms with E-state index >= 15 is 0 Å². The summed E-state index contributed by atoms with van der Waals surface area (Å²) in [7, 11) is 0. The fourth-order valence-corrected chi connectivity index (χ4v) is 3.11. The van der Waals surface area contributed by atoms with Crippen LogP contribution < -0.4 is 0 Å². The number of hydrogen-bond acceptors (Lipinski definition) is 6. The zero-order valence-electron chi connectivity index (χ0n) is 17.7. The molecule has 0 N–H and O–H groups in total. The van der Waals surface area contributed by atoms with Crippen LogP contribution in [0.4, 0.5) is 18.9 Å². The van der Waals surface area contributed by atoms with Crippen molar-refractivity contribution in [2.75, 3.05) is 13.1 Å².